The minimum atomic E-state index is -1.08. The summed E-state index contributed by atoms with van der Waals surface area (Å²) in [5.41, 5.74) is -0.595. The van der Waals surface area contributed by atoms with Crippen molar-refractivity contribution in [1.82, 2.24) is 4.90 Å². The largest absolute Gasteiger partial charge is 0.480 e. The zero-order chi connectivity index (χ0) is 14.8. The Bertz CT molecular complexity index is 417. The monoisotopic (exact) mass is 299 g/mol. The van der Waals surface area contributed by atoms with Crippen molar-refractivity contribution in [2.45, 2.75) is 51.0 Å². The van der Waals surface area contributed by atoms with Gasteiger partial charge in [-0.2, -0.15) is 11.8 Å². The number of likely N-dealkylation sites (tertiary alicyclic amines) is 1. The van der Waals surface area contributed by atoms with E-state index in [1.54, 1.807) is 0 Å². The Labute approximate surface area is 123 Å². The minimum Gasteiger partial charge on any atom is -0.480 e. The lowest BCUT2D eigenvalue weighted by Crippen LogP contribution is -2.47. The van der Waals surface area contributed by atoms with Crippen molar-refractivity contribution in [2.75, 3.05) is 12.0 Å². The molecule has 1 heterocycles. The Hall–Kier alpha value is -1.04. The van der Waals surface area contributed by atoms with Crippen molar-refractivity contribution >= 4 is 29.5 Å². The number of amides is 2. The van der Waals surface area contributed by atoms with Crippen LogP contribution in [0.5, 0.6) is 0 Å². The van der Waals surface area contributed by atoms with Gasteiger partial charge < -0.3 is 5.11 Å². The van der Waals surface area contributed by atoms with Gasteiger partial charge in [0.2, 0.25) is 11.8 Å². The van der Waals surface area contributed by atoms with Crippen molar-refractivity contribution in [1.29, 1.82) is 0 Å². The highest BCUT2D eigenvalue weighted by atomic mass is 32.2. The fraction of sp³-hybridized carbons (Fsp3) is 0.786. The first-order chi connectivity index (χ1) is 9.52. The summed E-state index contributed by atoms with van der Waals surface area (Å²) >= 11 is 1.52. The molecule has 0 aromatic heterocycles. The van der Waals surface area contributed by atoms with Crippen molar-refractivity contribution < 1.29 is 19.5 Å². The third kappa shape index (κ3) is 2.71. The molecule has 0 aromatic rings. The number of hydrogen-bond donors (Lipinski definition) is 1. The van der Waals surface area contributed by atoms with Crippen LogP contribution < -0.4 is 0 Å². The fourth-order valence-corrected chi connectivity index (χ4v) is 3.81. The molecule has 0 unspecified atom stereocenters. The van der Waals surface area contributed by atoms with Gasteiger partial charge in [-0.25, -0.2) is 4.79 Å². The highest BCUT2D eigenvalue weighted by molar-refractivity contribution is 7.98. The van der Waals surface area contributed by atoms with Gasteiger partial charge in [-0.15, -0.1) is 0 Å². The SMILES string of the molecule is CSCC[C@H](C(=O)O)N1C(=O)CC2(CCCCC2)C1=O. The van der Waals surface area contributed by atoms with E-state index >= 15 is 0 Å². The highest BCUT2D eigenvalue weighted by Crippen LogP contribution is 2.46. The van der Waals surface area contributed by atoms with Crippen LogP contribution in [-0.2, 0) is 14.4 Å². The molecule has 6 heteroatoms. The normalized spacial score (nSPS) is 23.4. The van der Waals surface area contributed by atoms with Crippen molar-refractivity contribution in [2.24, 2.45) is 5.41 Å². The van der Waals surface area contributed by atoms with E-state index in [0.29, 0.717) is 12.2 Å². The van der Waals surface area contributed by atoms with Crippen LogP contribution in [0.1, 0.15) is 44.9 Å². The van der Waals surface area contributed by atoms with Crippen molar-refractivity contribution in [3.63, 3.8) is 0 Å². The van der Waals surface area contributed by atoms with Gasteiger partial charge in [0, 0.05) is 6.42 Å². The molecular weight excluding hydrogens is 278 g/mol. The molecular formula is C14H21NO4S. The van der Waals surface area contributed by atoms with Crippen LogP contribution in [-0.4, -0.2) is 45.8 Å². The van der Waals surface area contributed by atoms with Gasteiger partial charge in [0.15, 0.2) is 0 Å². The molecule has 0 radical (unpaired) electrons. The number of nitrogens with zero attached hydrogens (tertiary/aromatic N) is 1. The molecule has 112 valence electrons. The quantitative estimate of drug-likeness (QED) is 0.785. The molecule has 1 saturated heterocycles. The van der Waals surface area contributed by atoms with Crippen LogP contribution in [0.2, 0.25) is 0 Å². The zero-order valence-electron chi connectivity index (χ0n) is 11.8. The second-order valence-electron chi connectivity index (χ2n) is 5.72. The molecule has 1 N–H and O–H groups in total. The van der Waals surface area contributed by atoms with Crippen LogP contribution >= 0.6 is 11.8 Å². The molecule has 1 atom stereocenters. The van der Waals surface area contributed by atoms with E-state index < -0.39 is 17.4 Å². The molecule has 1 spiro atoms. The maximum atomic E-state index is 12.6. The maximum absolute atomic E-state index is 12.6. The van der Waals surface area contributed by atoms with E-state index in [1.807, 2.05) is 6.26 Å². The number of aliphatic carboxylic acids is 1. The summed E-state index contributed by atoms with van der Waals surface area (Å²) < 4.78 is 0. The van der Waals surface area contributed by atoms with E-state index in [4.69, 9.17) is 0 Å². The molecule has 0 bridgehead atoms. The second kappa shape index (κ2) is 6.16. The summed E-state index contributed by atoms with van der Waals surface area (Å²) in [5, 5.41) is 9.33. The van der Waals surface area contributed by atoms with Crippen LogP contribution in [0.25, 0.3) is 0 Å². The standard InChI is InChI=1S/C14H21NO4S/c1-20-8-5-10(12(17)18)15-11(16)9-14(13(15)19)6-3-2-4-7-14/h10H,2-9H2,1H3,(H,17,18)/t10-/m1/s1. The molecule has 1 saturated carbocycles. The van der Waals surface area contributed by atoms with Crippen LogP contribution in [0.3, 0.4) is 0 Å². The number of carbonyl (C=O) groups is 3. The van der Waals surface area contributed by atoms with Crippen molar-refractivity contribution in [3.8, 4) is 0 Å². The Morgan fingerprint density at radius 1 is 1.35 bits per heavy atom. The molecule has 2 amide bonds. The van der Waals surface area contributed by atoms with Gasteiger partial charge in [-0.1, -0.05) is 19.3 Å². The van der Waals surface area contributed by atoms with E-state index in [2.05, 4.69) is 0 Å². The van der Waals surface area contributed by atoms with Gasteiger partial charge in [0.1, 0.15) is 6.04 Å². The summed E-state index contributed by atoms with van der Waals surface area (Å²) in [4.78, 5) is 37.3. The molecule has 2 rings (SSSR count). The number of thioether (sulfide) groups is 1. The summed E-state index contributed by atoms with van der Waals surface area (Å²) in [6.07, 6.45) is 6.86. The number of hydrogen-bond acceptors (Lipinski definition) is 4. The molecule has 2 fully saturated rings. The van der Waals surface area contributed by atoms with Crippen LogP contribution in [0.15, 0.2) is 0 Å². The Kier molecular flexibility index (Phi) is 4.73. The van der Waals surface area contributed by atoms with Gasteiger partial charge >= 0.3 is 5.97 Å². The van der Waals surface area contributed by atoms with Crippen molar-refractivity contribution in [3.05, 3.63) is 0 Å². The first kappa shape index (κ1) is 15.4. The molecule has 2 aliphatic rings. The summed E-state index contributed by atoms with van der Waals surface area (Å²) in [6.45, 7) is 0. The van der Waals surface area contributed by atoms with Crippen LogP contribution in [0.4, 0.5) is 0 Å². The number of rotatable bonds is 5. The predicted molar refractivity (Wildman–Crippen MR) is 76.4 cm³/mol. The van der Waals surface area contributed by atoms with E-state index in [9.17, 15) is 19.5 Å². The first-order valence-electron chi connectivity index (χ1n) is 7.10. The number of carboxylic acids is 1. The molecule has 1 aliphatic heterocycles. The van der Waals surface area contributed by atoms with Gasteiger partial charge in [0.25, 0.3) is 0 Å². The van der Waals surface area contributed by atoms with Gasteiger partial charge in [-0.05, 0) is 31.3 Å². The lowest BCUT2D eigenvalue weighted by molar-refractivity contribution is -0.156. The number of carboxylic acid groups (broad SMARTS) is 1. The summed E-state index contributed by atoms with van der Waals surface area (Å²) in [6, 6.07) is -0.997. The molecule has 1 aliphatic carbocycles. The smallest absolute Gasteiger partial charge is 0.326 e. The summed E-state index contributed by atoms with van der Waals surface area (Å²) in [7, 11) is 0. The first-order valence-corrected chi connectivity index (χ1v) is 8.49. The average Bonchev–Trinajstić information content (AvgIpc) is 2.64. The molecule has 5 nitrogen and oxygen atoms in total. The Balaban J connectivity index is 2.20. The van der Waals surface area contributed by atoms with E-state index in [1.165, 1.54) is 11.8 Å². The van der Waals surface area contributed by atoms with E-state index in [-0.39, 0.29) is 18.2 Å². The average molecular weight is 299 g/mol. The number of imide groups is 1. The third-order valence-corrected chi connectivity index (χ3v) is 5.08. The molecule has 0 aromatic carbocycles. The van der Waals surface area contributed by atoms with Gasteiger partial charge in [-0.3, -0.25) is 14.5 Å². The Morgan fingerprint density at radius 3 is 2.55 bits per heavy atom. The highest BCUT2D eigenvalue weighted by Gasteiger charge is 2.54. The lowest BCUT2D eigenvalue weighted by atomic mass is 9.73. The molecule has 20 heavy (non-hydrogen) atoms. The topological polar surface area (TPSA) is 74.7 Å². The predicted octanol–water partition coefficient (Wildman–Crippen LogP) is 1.90. The zero-order valence-corrected chi connectivity index (χ0v) is 12.6. The van der Waals surface area contributed by atoms with E-state index in [0.717, 1.165) is 37.0 Å². The third-order valence-electron chi connectivity index (χ3n) is 4.43. The fourth-order valence-electron chi connectivity index (χ4n) is 3.35. The van der Waals surface area contributed by atoms with Crippen LogP contribution in [0, 0.1) is 5.41 Å². The Morgan fingerprint density at radius 2 is 2.00 bits per heavy atom. The summed E-state index contributed by atoms with van der Waals surface area (Å²) in [5.74, 6) is -0.990. The van der Waals surface area contributed by atoms with Gasteiger partial charge in [0.05, 0.1) is 5.41 Å². The lowest BCUT2D eigenvalue weighted by Gasteiger charge is -2.31. The number of carbonyl (C=O) groups excluding carboxylic acids is 2. The minimum absolute atomic E-state index is 0.203. The maximum Gasteiger partial charge on any atom is 0.326 e. The second-order valence-corrected chi connectivity index (χ2v) is 6.71.